The number of nitrogens with one attached hydrogen (secondary N) is 1. The second-order valence-corrected chi connectivity index (χ2v) is 2.73. The van der Waals surface area contributed by atoms with Gasteiger partial charge in [-0.3, -0.25) is 5.32 Å². The van der Waals surface area contributed by atoms with Gasteiger partial charge in [0.05, 0.1) is 0 Å². The Morgan fingerprint density at radius 2 is 1.69 bits per heavy atom. The van der Waals surface area contributed by atoms with Crippen molar-refractivity contribution in [3.63, 3.8) is 0 Å². The summed E-state index contributed by atoms with van der Waals surface area (Å²) in [4.78, 5) is -0.312. The largest absolute Gasteiger partial charge is 0.483 e. The van der Waals surface area contributed by atoms with E-state index in [1.165, 1.54) is 17.4 Å². The first-order valence-electron chi connectivity index (χ1n) is 3.43. The Morgan fingerprint density at radius 1 is 1.15 bits per heavy atom. The molecule has 0 atom stereocenters. The summed E-state index contributed by atoms with van der Waals surface area (Å²) in [6.45, 7) is 0. The first-order valence-corrected chi connectivity index (χ1v) is 3.84. The molecule has 1 aromatic rings. The van der Waals surface area contributed by atoms with Gasteiger partial charge >= 0.3 is 6.30 Å². The standard InChI is InChI=1S/C8H6F3NS/c9-8(10,11)12-7(13)6-4-2-1-3-5-6/h1-5H,(H,12,13). The highest BCUT2D eigenvalue weighted by Crippen LogP contribution is 2.11. The summed E-state index contributed by atoms with van der Waals surface area (Å²) >= 11 is 4.54. The lowest BCUT2D eigenvalue weighted by atomic mass is 10.2. The molecule has 1 N–H and O–H groups in total. The molecule has 0 aliphatic carbocycles. The van der Waals surface area contributed by atoms with E-state index in [2.05, 4.69) is 12.2 Å². The predicted octanol–water partition coefficient (Wildman–Crippen LogP) is 2.47. The smallest absolute Gasteiger partial charge is 0.288 e. The molecule has 0 spiro atoms. The van der Waals surface area contributed by atoms with E-state index in [1.54, 1.807) is 18.2 Å². The lowest BCUT2D eigenvalue weighted by molar-refractivity contribution is -0.141. The average Bonchev–Trinajstić information content (AvgIpc) is 2.03. The van der Waals surface area contributed by atoms with E-state index in [0.717, 1.165) is 0 Å². The maximum absolute atomic E-state index is 11.8. The summed E-state index contributed by atoms with van der Waals surface area (Å²) in [6.07, 6.45) is -4.47. The molecule has 1 aromatic carbocycles. The van der Waals surface area contributed by atoms with Crippen LogP contribution in [0, 0.1) is 0 Å². The van der Waals surface area contributed by atoms with Crippen molar-refractivity contribution in [1.82, 2.24) is 5.32 Å². The van der Waals surface area contributed by atoms with Crippen molar-refractivity contribution in [3.8, 4) is 0 Å². The Bertz CT molecular complexity index is 294. The third-order valence-corrected chi connectivity index (χ3v) is 1.63. The third kappa shape index (κ3) is 3.42. The first-order chi connectivity index (χ1) is 5.99. The van der Waals surface area contributed by atoms with Crippen molar-refractivity contribution in [2.45, 2.75) is 6.30 Å². The second-order valence-electron chi connectivity index (χ2n) is 2.32. The van der Waals surface area contributed by atoms with Gasteiger partial charge in [0.15, 0.2) is 0 Å². The minimum atomic E-state index is -4.47. The molecule has 13 heavy (non-hydrogen) atoms. The van der Waals surface area contributed by atoms with Crippen LogP contribution in [0.25, 0.3) is 0 Å². The van der Waals surface area contributed by atoms with Crippen LogP contribution in [0.2, 0.25) is 0 Å². The van der Waals surface area contributed by atoms with E-state index in [9.17, 15) is 13.2 Å². The van der Waals surface area contributed by atoms with Crippen LogP contribution in [0.15, 0.2) is 30.3 Å². The van der Waals surface area contributed by atoms with Crippen molar-refractivity contribution in [1.29, 1.82) is 0 Å². The van der Waals surface area contributed by atoms with Gasteiger partial charge in [0.1, 0.15) is 4.99 Å². The van der Waals surface area contributed by atoms with Gasteiger partial charge in [-0.15, -0.1) is 0 Å². The predicted molar refractivity (Wildman–Crippen MR) is 47.3 cm³/mol. The minimum absolute atomic E-state index is 0.312. The number of hydrogen-bond donors (Lipinski definition) is 1. The normalized spacial score (nSPS) is 11.0. The molecule has 0 aliphatic rings. The number of halogens is 3. The zero-order chi connectivity index (χ0) is 9.90. The van der Waals surface area contributed by atoms with Crippen LogP contribution in [0.1, 0.15) is 5.56 Å². The van der Waals surface area contributed by atoms with Gasteiger partial charge in [-0.1, -0.05) is 42.5 Å². The Hall–Kier alpha value is -1.10. The quantitative estimate of drug-likeness (QED) is 0.558. The van der Waals surface area contributed by atoms with E-state index in [-0.39, 0.29) is 4.99 Å². The molecule has 0 unspecified atom stereocenters. The van der Waals surface area contributed by atoms with Crippen molar-refractivity contribution in [2.24, 2.45) is 0 Å². The highest BCUT2D eigenvalue weighted by Gasteiger charge is 2.28. The van der Waals surface area contributed by atoms with Gasteiger partial charge in [-0.2, -0.15) is 13.2 Å². The van der Waals surface area contributed by atoms with Gasteiger partial charge in [0.2, 0.25) is 0 Å². The molecule has 0 aromatic heterocycles. The van der Waals surface area contributed by atoms with Crippen LogP contribution in [-0.4, -0.2) is 11.3 Å². The van der Waals surface area contributed by atoms with Crippen LogP contribution in [0.5, 0.6) is 0 Å². The fraction of sp³-hybridized carbons (Fsp3) is 0.125. The number of hydrogen-bond acceptors (Lipinski definition) is 1. The molecular weight excluding hydrogens is 199 g/mol. The average molecular weight is 205 g/mol. The monoisotopic (exact) mass is 205 g/mol. The van der Waals surface area contributed by atoms with E-state index in [0.29, 0.717) is 5.56 Å². The van der Waals surface area contributed by atoms with E-state index in [1.807, 2.05) is 0 Å². The van der Waals surface area contributed by atoms with Gasteiger partial charge in [-0.25, -0.2) is 0 Å². The number of alkyl halides is 3. The molecule has 0 saturated carbocycles. The van der Waals surface area contributed by atoms with Crippen LogP contribution in [0.4, 0.5) is 13.2 Å². The fourth-order valence-corrected chi connectivity index (χ4v) is 1.04. The Kier molecular flexibility index (Phi) is 2.87. The van der Waals surface area contributed by atoms with Gasteiger partial charge in [0.25, 0.3) is 0 Å². The first kappa shape index (κ1) is 9.98. The minimum Gasteiger partial charge on any atom is -0.288 e. The van der Waals surface area contributed by atoms with Gasteiger partial charge in [0, 0.05) is 5.56 Å². The highest BCUT2D eigenvalue weighted by molar-refractivity contribution is 7.80. The van der Waals surface area contributed by atoms with Crippen molar-refractivity contribution >= 4 is 17.2 Å². The fourth-order valence-electron chi connectivity index (χ4n) is 0.790. The molecule has 0 saturated heterocycles. The number of benzene rings is 1. The highest BCUT2D eigenvalue weighted by atomic mass is 32.1. The maximum atomic E-state index is 11.8. The molecule has 0 bridgehead atoms. The number of thiocarbonyl (C=S) groups is 1. The number of rotatable bonds is 1. The van der Waals surface area contributed by atoms with E-state index >= 15 is 0 Å². The summed E-state index contributed by atoms with van der Waals surface area (Å²) in [6, 6.07) is 7.99. The van der Waals surface area contributed by atoms with Crippen LogP contribution >= 0.6 is 12.2 Å². The molecule has 1 nitrogen and oxygen atoms in total. The maximum Gasteiger partial charge on any atom is 0.483 e. The van der Waals surface area contributed by atoms with Gasteiger partial charge in [-0.05, 0) is 0 Å². The SMILES string of the molecule is FC(F)(F)NC(=S)c1ccccc1. The van der Waals surface area contributed by atoms with Crippen molar-refractivity contribution in [2.75, 3.05) is 0 Å². The zero-order valence-electron chi connectivity index (χ0n) is 6.43. The topological polar surface area (TPSA) is 12.0 Å². The van der Waals surface area contributed by atoms with Crippen LogP contribution < -0.4 is 5.32 Å². The summed E-state index contributed by atoms with van der Waals surface area (Å²) in [5.41, 5.74) is 0.356. The molecule has 0 amide bonds. The molecule has 0 aliphatic heterocycles. The lowest BCUT2D eigenvalue weighted by Gasteiger charge is -2.10. The van der Waals surface area contributed by atoms with E-state index < -0.39 is 6.30 Å². The molecule has 0 radical (unpaired) electrons. The Balaban J connectivity index is 2.71. The molecule has 0 fully saturated rings. The van der Waals surface area contributed by atoms with Crippen molar-refractivity contribution in [3.05, 3.63) is 35.9 Å². The summed E-state index contributed by atoms with van der Waals surface area (Å²) < 4.78 is 35.4. The molecular formula is C8H6F3NS. The molecule has 5 heteroatoms. The summed E-state index contributed by atoms with van der Waals surface area (Å²) in [7, 11) is 0. The summed E-state index contributed by atoms with van der Waals surface area (Å²) in [5, 5.41) is 1.27. The lowest BCUT2D eigenvalue weighted by Crippen LogP contribution is -2.36. The van der Waals surface area contributed by atoms with Gasteiger partial charge < -0.3 is 0 Å². The summed E-state index contributed by atoms with van der Waals surface area (Å²) in [5.74, 6) is 0. The van der Waals surface area contributed by atoms with Crippen molar-refractivity contribution < 1.29 is 13.2 Å². The Labute approximate surface area is 78.6 Å². The molecule has 0 heterocycles. The molecule has 1 rings (SSSR count). The van der Waals surface area contributed by atoms with Crippen LogP contribution in [0.3, 0.4) is 0 Å². The van der Waals surface area contributed by atoms with E-state index in [4.69, 9.17) is 0 Å². The van der Waals surface area contributed by atoms with Crippen LogP contribution in [-0.2, 0) is 0 Å². The Morgan fingerprint density at radius 3 is 2.15 bits per heavy atom. The molecule has 70 valence electrons. The third-order valence-electron chi connectivity index (χ3n) is 1.29. The second kappa shape index (κ2) is 3.74. The zero-order valence-corrected chi connectivity index (χ0v) is 7.25.